The number of halogens is 2. The molecule has 1 aromatic heterocycles. The highest BCUT2D eigenvalue weighted by Gasteiger charge is 2.27. The Morgan fingerprint density at radius 1 is 1.03 bits per heavy atom. The summed E-state index contributed by atoms with van der Waals surface area (Å²) < 4.78 is 0. The fourth-order valence-electron chi connectivity index (χ4n) is 4.67. The Balaban J connectivity index is 1.27. The molecule has 6 nitrogen and oxygen atoms in total. The summed E-state index contributed by atoms with van der Waals surface area (Å²) in [7, 11) is 0. The van der Waals surface area contributed by atoms with E-state index in [1.807, 2.05) is 18.2 Å². The van der Waals surface area contributed by atoms with Gasteiger partial charge in [0, 0.05) is 30.4 Å². The minimum absolute atomic E-state index is 0.119. The number of nitrogens with one attached hydrogen (secondary N) is 2. The zero-order valence-corrected chi connectivity index (χ0v) is 20.2. The number of pyridine rings is 1. The molecule has 0 unspecified atom stereocenters. The van der Waals surface area contributed by atoms with Crippen molar-refractivity contribution in [3.63, 3.8) is 0 Å². The van der Waals surface area contributed by atoms with E-state index in [2.05, 4.69) is 26.6 Å². The summed E-state index contributed by atoms with van der Waals surface area (Å²) in [5, 5.41) is 6.59. The van der Waals surface area contributed by atoms with Gasteiger partial charge in [-0.05, 0) is 62.5 Å². The first kappa shape index (κ1) is 24.0. The summed E-state index contributed by atoms with van der Waals surface area (Å²) in [4.78, 5) is 31.5. The lowest BCUT2D eigenvalue weighted by Gasteiger charge is -2.32. The van der Waals surface area contributed by atoms with Crippen LogP contribution >= 0.6 is 23.2 Å². The molecule has 0 radical (unpaired) electrons. The number of benzene rings is 1. The molecule has 1 aliphatic carbocycles. The molecule has 2 amide bonds. The van der Waals surface area contributed by atoms with Gasteiger partial charge in [-0.15, -0.1) is 0 Å². The highest BCUT2D eigenvalue weighted by molar-refractivity contribution is 6.41. The van der Waals surface area contributed by atoms with Gasteiger partial charge in [0.25, 0.3) is 5.91 Å². The Morgan fingerprint density at radius 2 is 1.79 bits per heavy atom. The Labute approximate surface area is 205 Å². The van der Waals surface area contributed by atoms with Crippen molar-refractivity contribution in [3.05, 3.63) is 57.8 Å². The number of nitrogens with zero attached hydrogens (tertiary/aromatic N) is 2. The second-order valence-corrected chi connectivity index (χ2v) is 9.81. The molecule has 8 heteroatoms. The Morgan fingerprint density at radius 3 is 2.52 bits per heavy atom. The van der Waals surface area contributed by atoms with Crippen LogP contribution in [-0.2, 0) is 11.3 Å². The number of likely N-dealkylation sites (tertiary alicyclic amines) is 1. The van der Waals surface area contributed by atoms with Crippen molar-refractivity contribution in [2.45, 2.75) is 57.5 Å². The third kappa shape index (κ3) is 6.69. The molecule has 2 N–H and O–H groups in total. The van der Waals surface area contributed by atoms with E-state index in [9.17, 15) is 9.59 Å². The zero-order valence-electron chi connectivity index (χ0n) is 18.7. The van der Waals surface area contributed by atoms with Crippen LogP contribution in [0.1, 0.15) is 60.9 Å². The normalized spacial score (nSPS) is 18.1. The maximum absolute atomic E-state index is 12.6. The SMILES string of the molecule is O=C(Nc1cccc(CN2CCC(C(=O)NC3CCCCC3)CC2)c1)c1cnc(Cl)c(Cl)c1. The Kier molecular flexibility index (Phi) is 8.23. The van der Waals surface area contributed by atoms with Crippen molar-refractivity contribution >= 4 is 40.7 Å². The maximum Gasteiger partial charge on any atom is 0.257 e. The van der Waals surface area contributed by atoms with E-state index in [-0.39, 0.29) is 27.9 Å². The van der Waals surface area contributed by atoms with Crippen LogP contribution in [0.5, 0.6) is 0 Å². The van der Waals surface area contributed by atoms with E-state index in [0.29, 0.717) is 17.3 Å². The number of carbonyl (C=O) groups is 2. The van der Waals surface area contributed by atoms with Crippen molar-refractivity contribution in [2.75, 3.05) is 18.4 Å². The largest absolute Gasteiger partial charge is 0.353 e. The lowest BCUT2D eigenvalue weighted by molar-refractivity contribution is -0.127. The van der Waals surface area contributed by atoms with Crippen molar-refractivity contribution in [3.8, 4) is 0 Å². The van der Waals surface area contributed by atoms with Crippen LogP contribution in [0.3, 0.4) is 0 Å². The molecule has 4 rings (SSSR count). The molecule has 0 bridgehead atoms. The van der Waals surface area contributed by atoms with Gasteiger partial charge in [0.15, 0.2) is 0 Å². The standard InChI is InChI=1S/C25H30Cl2N4O2/c26-22-14-19(15-28-23(22)27)25(33)30-21-8-4-5-17(13-21)16-31-11-9-18(10-12-31)24(32)29-20-6-2-1-3-7-20/h4-5,8,13-15,18,20H,1-3,6-7,9-12,16H2,(H,29,32)(H,30,33). The average molecular weight is 489 g/mol. The number of piperidine rings is 1. The van der Waals surface area contributed by atoms with Crippen LogP contribution in [0, 0.1) is 5.92 Å². The summed E-state index contributed by atoms with van der Waals surface area (Å²) in [6.07, 6.45) is 9.18. The molecule has 1 saturated heterocycles. The number of carbonyl (C=O) groups excluding carboxylic acids is 2. The average Bonchev–Trinajstić information content (AvgIpc) is 2.82. The number of amides is 2. The minimum Gasteiger partial charge on any atom is -0.353 e. The van der Waals surface area contributed by atoms with Gasteiger partial charge in [-0.2, -0.15) is 0 Å². The van der Waals surface area contributed by atoms with E-state index in [0.717, 1.165) is 50.9 Å². The Hall–Kier alpha value is -2.15. The topological polar surface area (TPSA) is 74.3 Å². The van der Waals surface area contributed by atoms with Crippen LogP contribution in [0.4, 0.5) is 5.69 Å². The van der Waals surface area contributed by atoms with Crippen LogP contribution in [0.25, 0.3) is 0 Å². The summed E-state index contributed by atoms with van der Waals surface area (Å²) in [5.74, 6) is 0.0691. The van der Waals surface area contributed by atoms with Gasteiger partial charge in [0.05, 0.1) is 10.6 Å². The first-order valence-corrected chi connectivity index (χ1v) is 12.5. The lowest BCUT2D eigenvalue weighted by atomic mass is 9.92. The van der Waals surface area contributed by atoms with Crippen molar-refractivity contribution < 1.29 is 9.59 Å². The molecule has 2 fully saturated rings. The predicted octanol–water partition coefficient (Wildman–Crippen LogP) is 5.30. The minimum atomic E-state index is -0.289. The molecule has 1 aromatic carbocycles. The number of aromatic nitrogens is 1. The van der Waals surface area contributed by atoms with Gasteiger partial charge in [-0.3, -0.25) is 14.5 Å². The number of hydrogen-bond donors (Lipinski definition) is 2. The van der Waals surface area contributed by atoms with E-state index >= 15 is 0 Å². The van der Waals surface area contributed by atoms with E-state index in [1.54, 1.807) is 0 Å². The fourth-order valence-corrected chi connectivity index (χ4v) is 4.94. The molecular weight excluding hydrogens is 459 g/mol. The summed E-state index contributed by atoms with van der Waals surface area (Å²) in [6, 6.07) is 9.70. The first-order valence-electron chi connectivity index (χ1n) is 11.7. The van der Waals surface area contributed by atoms with Crippen molar-refractivity contribution in [1.82, 2.24) is 15.2 Å². The molecule has 176 valence electrons. The van der Waals surface area contributed by atoms with Crippen molar-refractivity contribution in [2.24, 2.45) is 5.92 Å². The van der Waals surface area contributed by atoms with Gasteiger partial charge in [0.1, 0.15) is 5.15 Å². The van der Waals surface area contributed by atoms with Crippen LogP contribution in [0.15, 0.2) is 36.5 Å². The van der Waals surface area contributed by atoms with Crippen LogP contribution in [-0.4, -0.2) is 40.8 Å². The first-order chi connectivity index (χ1) is 16.0. The summed E-state index contributed by atoms with van der Waals surface area (Å²) in [6.45, 7) is 2.58. The van der Waals surface area contributed by atoms with Gasteiger partial charge < -0.3 is 10.6 Å². The summed E-state index contributed by atoms with van der Waals surface area (Å²) in [5.41, 5.74) is 2.18. The summed E-state index contributed by atoms with van der Waals surface area (Å²) >= 11 is 11.8. The van der Waals surface area contributed by atoms with E-state index in [4.69, 9.17) is 23.2 Å². The molecule has 2 aliphatic rings. The molecule has 0 atom stereocenters. The number of rotatable bonds is 6. The number of hydrogen-bond acceptors (Lipinski definition) is 4. The monoisotopic (exact) mass is 488 g/mol. The third-order valence-corrected chi connectivity index (χ3v) is 7.25. The fraction of sp³-hybridized carbons (Fsp3) is 0.480. The third-order valence-electron chi connectivity index (χ3n) is 6.56. The predicted molar refractivity (Wildman–Crippen MR) is 132 cm³/mol. The molecule has 0 spiro atoms. The van der Waals surface area contributed by atoms with E-state index in [1.165, 1.54) is 31.5 Å². The highest BCUT2D eigenvalue weighted by atomic mass is 35.5. The van der Waals surface area contributed by atoms with Gasteiger partial charge in [-0.25, -0.2) is 4.98 Å². The molecule has 2 heterocycles. The zero-order chi connectivity index (χ0) is 23.2. The molecular formula is C25H30Cl2N4O2. The number of anilines is 1. The lowest BCUT2D eigenvalue weighted by Crippen LogP contribution is -2.44. The quantitative estimate of drug-likeness (QED) is 0.540. The molecule has 1 saturated carbocycles. The van der Waals surface area contributed by atoms with Gasteiger partial charge in [0.2, 0.25) is 5.91 Å². The molecule has 33 heavy (non-hydrogen) atoms. The molecule has 2 aromatic rings. The molecule has 1 aliphatic heterocycles. The smallest absolute Gasteiger partial charge is 0.257 e. The van der Waals surface area contributed by atoms with Gasteiger partial charge in [-0.1, -0.05) is 54.6 Å². The second-order valence-electron chi connectivity index (χ2n) is 9.05. The Bertz CT molecular complexity index is 986. The van der Waals surface area contributed by atoms with Crippen molar-refractivity contribution in [1.29, 1.82) is 0 Å². The highest BCUT2D eigenvalue weighted by Crippen LogP contribution is 2.24. The van der Waals surface area contributed by atoms with Crippen LogP contribution < -0.4 is 10.6 Å². The second kappa shape index (κ2) is 11.3. The van der Waals surface area contributed by atoms with E-state index < -0.39 is 0 Å². The van der Waals surface area contributed by atoms with Crippen LogP contribution in [0.2, 0.25) is 10.2 Å². The van der Waals surface area contributed by atoms with Gasteiger partial charge >= 0.3 is 0 Å². The maximum atomic E-state index is 12.6.